The van der Waals surface area contributed by atoms with Gasteiger partial charge in [0.05, 0.1) is 15.9 Å². The molecule has 1 atom stereocenters. The molecule has 1 unspecified atom stereocenters. The van der Waals surface area contributed by atoms with E-state index in [2.05, 4.69) is 60.8 Å². The summed E-state index contributed by atoms with van der Waals surface area (Å²) < 4.78 is 33.5. The molecule has 9 heteroatoms. The topological polar surface area (TPSA) is 62.3 Å². The highest BCUT2D eigenvalue weighted by Crippen LogP contribution is 2.42. The van der Waals surface area contributed by atoms with Crippen molar-refractivity contribution in [3.8, 4) is 0 Å². The van der Waals surface area contributed by atoms with Gasteiger partial charge in [-0.05, 0) is 40.4 Å². The molecule has 0 aliphatic carbocycles. The van der Waals surface area contributed by atoms with Crippen molar-refractivity contribution in [3.05, 3.63) is 0 Å². The molecule has 0 heterocycles. The van der Waals surface area contributed by atoms with Gasteiger partial charge in [0, 0.05) is 19.6 Å². The van der Waals surface area contributed by atoms with Crippen LogP contribution in [0.1, 0.15) is 59.3 Å². The van der Waals surface area contributed by atoms with Crippen molar-refractivity contribution >= 4 is 19.2 Å². The molecule has 0 spiro atoms. The second kappa shape index (κ2) is 13.4. The van der Waals surface area contributed by atoms with Crippen molar-refractivity contribution in [1.82, 2.24) is 14.7 Å². The van der Waals surface area contributed by atoms with Crippen molar-refractivity contribution in [2.75, 3.05) is 47.9 Å². The number of nitrogens with zero attached hydrogens (tertiary/aromatic N) is 3. The van der Waals surface area contributed by atoms with Crippen LogP contribution in [0.4, 0.5) is 0 Å². The fraction of sp³-hybridized carbons (Fsp3) is 1.00. The molecule has 0 saturated heterocycles. The van der Waals surface area contributed by atoms with Crippen LogP contribution in [-0.2, 0) is 18.6 Å². The van der Waals surface area contributed by atoms with Gasteiger partial charge in [-0.25, -0.2) is 3.97 Å². The predicted molar refractivity (Wildman–Crippen MR) is 111 cm³/mol. The summed E-state index contributed by atoms with van der Waals surface area (Å²) in [6.45, 7) is 9.08. The van der Waals surface area contributed by atoms with Crippen LogP contribution >= 0.6 is 8.81 Å². The van der Waals surface area contributed by atoms with Crippen LogP contribution in [0.25, 0.3) is 0 Å². The van der Waals surface area contributed by atoms with Gasteiger partial charge >= 0.3 is 10.4 Å². The molecule has 0 N–H and O–H groups in total. The Hall–Kier alpha value is 0.180. The zero-order chi connectivity index (χ0) is 20.2. The zero-order valence-electron chi connectivity index (χ0n) is 17.7. The van der Waals surface area contributed by atoms with Crippen LogP contribution in [-0.4, -0.2) is 76.5 Å². The predicted octanol–water partition coefficient (Wildman–Crippen LogP) is 3.29. The van der Waals surface area contributed by atoms with Crippen molar-refractivity contribution in [2.45, 2.75) is 64.8 Å². The Balaban J connectivity index is 5.78. The first kappa shape index (κ1) is 26.2. The van der Waals surface area contributed by atoms with Gasteiger partial charge in [0.2, 0.25) is 0 Å². The third-order valence-electron chi connectivity index (χ3n) is 4.62. The minimum Gasteiger partial charge on any atom is -0.270 e. The monoisotopic (exact) mass is 413 g/mol. The molecule has 0 aromatic carbocycles. The quantitative estimate of drug-likeness (QED) is 0.284. The minimum atomic E-state index is -3.98. The summed E-state index contributed by atoms with van der Waals surface area (Å²) in [5.41, 5.74) is -0.620. The lowest BCUT2D eigenvalue weighted by molar-refractivity contribution is -0.0743. The SMILES string of the molecule is CCCCN(C)C(POS(=O)(=O)OC)(N(C)CCCC)N(C)CCCC. The van der Waals surface area contributed by atoms with E-state index in [1.54, 1.807) is 0 Å². The highest BCUT2D eigenvalue weighted by atomic mass is 32.3. The first-order valence-electron chi connectivity index (χ1n) is 9.61. The van der Waals surface area contributed by atoms with E-state index in [-0.39, 0.29) is 8.81 Å². The second-order valence-corrected chi connectivity index (χ2v) is 9.41. The zero-order valence-corrected chi connectivity index (χ0v) is 19.6. The molecule has 0 aromatic heterocycles. The molecule has 0 fully saturated rings. The molecule has 158 valence electrons. The summed E-state index contributed by atoms with van der Waals surface area (Å²) in [5, 5.41) is 0. The van der Waals surface area contributed by atoms with Crippen molar-refractivity contribution < 1.29 is 16.6 Å². The highest BCUT2D eigenvalue weighted by Gasteiger charge is 2.44. The van der Waals surface area contributed by atoms with Crippen molar-refractivity contribution in [1.29, 1.82) is 0 Å². The van der Waals surface area contributed by atoms with E-state index in [9.17, 15) is 8.42 Å². The normalized spacial score (nSPS) is 13.8. The van der Waals surface area contributed by atoms with Crippen LogP contribution in [0.15, 0.2) is 0 Å². The van der Waals surface area contributed by atoms with E-state index in [0.717, 1.165) is 65.3 Å². The molecule has 0 saturated carbocycles. The summed E-state index contributed by atoms with van der Waals surface area (Å²) in [4.78, 5) is 6.68. The van der Waals surface area contributed by atoms with Gasteiger partial charge in [0.25, 0.3) is 0 Å². The fourth-order valence-corrected chi connectivity index (χ4v) is 4.83. The Morgan fingerprint density at radius 1 is 0.808 bits per heavy atom. The molecule has 0 aliphatic rings. The summed E-state index contributed by atoms with van der Waals surface area (Å²) in [7, 11) is 2.99. The molecule has 0 bridgehead atoms. The van der Waals surface area contributed by atoms with Crippen LogP contribution in [0.2, 0.25) is 0 Å². The van der Waals surface area contributed by atoms with Gasteiger partial charge in [0.15, 0.2) is 5.53 Å². The maximum Gasteiger partial charge on any atom is 0.402 e. The van der Waals surface area contributed by atoms with E-state index in [0.29, 0.717) is 0 Å². The maximum absolute atomic E-state index is 11.9. The number of hydrogen-bond donors (Lipinski definition) is 0. The van der Waals surface area contributed by atoms with E-state index >= 15 is 0 Å². The van der Waals surface area contributed by atoms with Crippen LogP contribution in [0.5, 0.6) is 0 Å². The first-order chi connectivity index (χ1) is 12.2. The molecule has 0 radical (unpaired) electrons. The Morgan fingerprint density at radius 2 is 1.15 bits per heavy atom. The number of hydrogen-bond acceptors (Lipinski definition) is 7. The van der Waals surface area contributed by atoms with Gasteiger partial charge < -0.3 is 0 Å². The third kappa shape index (κ3) is 8.05. The lowest BCUT2D eigenvalue weighted by Crippen LogP contribution is -2.64. The second-order valence-electron chi connectivity index (χ2n) is 6.72. The molecule has 0 amide bonds. The minimum absolute atomic E-state index is 0.309. The molecule has 26 heavy (non-hydrogen) atoms. The molecule has 0 aromatic rings. The molecule has 7 nitrogen and oxygen atoms in total. The van der Waals surface area contributed by atoms with Crippen LogP contribution < -0.4 is 0 Å². The first-order valence-corrected chi connectivity index (χ1v) is 11.9. The van der Waals surface area contributed by atoms with Crippen LogP contribution in [0, 0.1) is 0 Å². The van der Waals surface area contributed by atoms with Crippen molar-refractivity contribution in [2.24, 2.45) is 0 Å². The lowest BCUT2D eigenvalue weighted by Gasteiger charge is -2.52. The van der Waals surface area contributed by atoms with Gasteiger partial charge in [-0.15, -0.1) is 0 Å². The molecular weight excluding hydrogens is 373 g/mol. The van der Waals surface area contributed by atoms with Gasteiger partial charge in [-0.3, -0.25) is 18.9 Å². The van der Waals surface area contributed by atoms with Gasteiger partial charge in [0.1, 0.15) is 0 Å². The van der Waals surface area contributed by atoms with Gasteiger partial charge in [-0.1, -0.05) is 40.0 Å². The Labute approximate surface area is 163 Å². The molecular formula is C17H40N3O4PS. The average Bonchev–Trinajstić information content (AvgIpc) is 2.62. The average molecular weight is 414 g/mol. The summed E-state index contributed by atoms with van der Waals surface area (Å²) >= 11 is 0. The fourth-order valence-electron chi connectivity index (χ4n) is 2.90. The van der Waals surface area contributed by atoms with E-state index in [4.69, 9.17) is 3.97 Å². The largest absolute Gasteiger partial charge is 0.402 e. The Bertz CT molecular complexity index is 429. The Kier molecular flexibility index (Phi) is 13.5. The summed E-state index contributed by atoms with van der Waals surface area (Å²) in [6.07, 6.45) is 6.38. The van der Waals surface area contributed by atoms with E-state index in [1.165, 1.54) is 0 Å². The van der Waals surface area contributed by atoms with Crippen molar-refractivity contribution in [3.63, 3.8) is 0 Å². The smallest absolute Gasteiger partial charge is 0.270 e. The molecule has 0 aliphatic heterocycles. The summed E-state index contributed by atoms with van der Waals surface area (Å²) in [5.74, 6) is 0. The molecule has 0 rings (SSSR count). The van der Waals surface area contributed by atoms with E-state index < -0.39 is 15.9 Å². The number of rotatable bonds is 16. The Morgan fingerprint density at radius 3 is 1.42 bits per heavy atom. The summed E-state index contributed by atoms with van der Waals surface area (Å²) in [6, 6.07) is 0. The maximum atomic E-state index is 11.9. The van der Waals surface area contributed by atoms with Gasteiger partial charge in [-0.2, -0.15) is 8.42 Å². The van der Waals surface area contributed by atoms with Crippen LogP contribution in [0.3, 0.4) is 0 Å². The van der Waals surface area contributed by atoms with E-state index in [1.807, 2.05) is 0 Å². The third-order valence-corrected chi connectivity index (χ3v) is 7.60. The standard InChI is InChI=1S/C17H40N3O4PS/c1-8-11-14-18(4)17(19(5)15-12-9-2,20(6)16-13-10-3)25-24-26(21,22)23-7/h25H,8-16H2,1-7H3. The lowest BCUT2D eigenvalue weighted by atomic mass is 10.2. The number of unbranched alkanes of at least 4 members (excludes halogenated alkanes) is 3. The highest BCUT2D eigenvalue weighted by molar-refractivity contribution is 7.85.